The van der Waals surface area contributed by atoms with Gasteiger partial charge in [0, 0.05) is 56.0 Å². The van der Waals surface area contributed by atoms with Gasteiger partial charge in [-0.15, -0.1) is 0 Å². The minimum absolute atomic E-state index is 0.401. The van der Waals surface area contributed by atoms with Gasteiger partial charge in [0.2, 0.25) is 0 Å². The lowest BCUT2D eigenvalue weighted by atomic mass is 10.2. The first kappa shape index (κ1) is 18.3. The number of benzene rings is 1. The van der Waals surface area contributed by atoms with Crippen LogP contribution in [-0.2, 0) is 4.74 Å². The van der Waals surface area contributed by atoms with Crippen LogP contribution in [0.1, 0.15) is 6.92 Å². The Morgan fingerprint density at radius 2 is 1.76 bits per heavy atom. The second kappa shape index (κ2) is 8.74. The molecule has 2 heterocycles. The molecule has 2 N–H and O–H groups in total. The Kier molecular flexibility index (Phi) is 6.39. The van der Waals surface area contributed by atoms with Crippen molar-refractivity contribution in [1.82, 2.24) is 9.80 Å². The van der Waals surface area contributed by atoms with E-state index in [1.807, 2.05) is 12.1 Å². The summed E-state index contributed by atoms with van der Waals surface area (Å²) in [6.07, 6.45) is 0. The molecule has 0 radical (unpaired) electrons. The number of rotatable bonds is 4. The molecule has 0 aliphatic carbocycles. The lowest BCUT2D eigenvalue weighted by molar-refractivity contribution is 0.0220. The summed E-state index contributed by atoms with van der Waals surface area (Å²) in [5.74, 6) is 0.663. The summed E-state index contributed by atoms with van der Waals surface area (Å²) in [4.78, 5) is 11.6. The molecule has 1 atom stereocenters. The molecule has 6 nitrogen and oxygen atoms in total. The molecule has 1 aromatic rings. The van der Waals surface area contributed by atoms with E-state index in [1.165, 1.54) is 5.69 Å². The topological polar surface area (TPSA) is 57.3 Å². The fourth-order valence-corrected chi connectivity index (χ4v) is 3.43. The van der Waals surface area contributed by atoms with Gasteiger partial charge in [-0.05, 0) is 31.2 Å². The Labute approximate surface area is 155 Å². The van der Waals surface area contributed by atoms with Gasteiger partial charge in [-0.25, -0.2) is 0 Å². The Morgan fingerprint density at radius 3 is 2.40 bits per heavy atom. The average Bonchev–Trinajstić information content (AvgIpc) is 2.67. The zero-order chi connectivity index (χ0) is 17.6. The molecule has 138 valence electrons. The molecule has 0 saturated carbocycles. The largest absolute Gasteiger partial charge is 0.379 e. The summed E-state index contributed by atoms with van der Waals surface area (Å²) in [5, 5.41) is 0.771. The number of hydrogen-bond acceptors (Lipinski definition) is 4. The molecule has 7 heteroatoms. The standard InChI is InChI=1S/C18H28ClN5O/c1-15(22-10-12-25-13-11-22)14-21-18(20)24-8-6-23(7-9-24)17-4-2-16(19)3-5-17/h2-5,15H,6-14H2,1H3,(H2,20,21). The highest BCUT2D eigenvalue weighted by molar-refractivity contribution is 6.30. The molecule has 0 bridgehead atoms. The molecule has 0 amide bonds. The summed E-state index contributed by atoms with van der Waals surface area (Å²) in [7, 11) is 0. The number of hydrogen-bond donors (Lipinski definition) is 1. The fourth-order valence-electron chi connectivity index (χ4n) is 3.31. The molecule has 0 spiro atoms. The summed E-state index contributed by atoms with van der Waals surface area (Å²) in [6, 6.07) is 8.41. The maximum atomic E-state index is 6.23. The number of ether oxygens (including phenoxy) is 1. The van der Waals surface area contributed by atoms with Gasteiger partial charge in [0.1, 0.15) is 0 Å². The third-order valence-electron chi connectivity index (χ3n) is 4.98. The lowest BCUT2D eigenvalue weighted by Crippen LogP contribution is -2.51. The van der Waals surface area contributed by atoms with Crippen molar-refractivity contribution in [1.29, 1.82) is 0 Å². The second-order valence-corrected chi connectivity index (χ2v) is 7.08. The maximum absolute atomic E-state index is 6.23. The van der Waals surface area contributed by atoms with E-state index in [9.17, 15) is 0 Å². The Hall–Kier alpha value is -1.50. The highest BCUT2D eigenvalue weighted by Crippen LogP contribution is 2.19. The lowest BCUT2D eigenvalue weighted by Gasteiger charge is -2.37. The first-order valence-electron chi connectivity index (χ1n) is 9.00. The van der Waals surface area contributed by atoms with Crippen LogP contribution in [0.3, 0.4) is 0 Å². The predicted molar refractivity (Wildman–Crippen MR) is 104 cm³/mol. The molecule has 2 fully saturated rings. The van der Waals surface area contributed by atoms with E-state index in [0.29, 0.717) is 12.0 Å². The minimum Gasteiger partial charge on any atom is -0.379 e. The monoisotopic (exact) mass is 365 g/mol. The summed E-state index contributed by atoms with van der Waals surface area (Å²) in [5.41, 5.74) is 7.44. The zero-order valence-electron chi connectivity index (χ0n) is 14.9. The van der Waals surface area contributed by atoms with Gasteiger partial charge >= 0.3 is 0 Å². The van der Waals surface area contributed by atoms with Crippen molar-refractivity contribution < 1.29 is 4.74 Å². The van der Waals surface area contributed by atoms with E-state index in [4.69, 9.17) is 22.1 Å². The molecule has 2 aliphatic heterocycles. The normalized spacial score (nSPS) is 21.4. The van der Waals surface area contributed by atoms with Gasteiger partial charge in [0.05, 0.1) is 19.8 Å². The number of anilines is 1. The molecule has 1 unspecified atom stereocenters. The second-order valence-electron chi connectivity index (χ2n) is 6.65. The Balaban J connectivity index is 1.47. The number of aliphatic imine (C=N–C) groups is 1. The molecule has 1 aromatic carbocycles. The van der Waals surface area contributed by atoms with E-state index in [0.717, 1.165) is 64.0 Å². The van der Waals surface area contributed by atoms with Crippen molar-refractivity contribution in [2.24, 2.45) is 10.7 Å². The number of nitrogens with zero attached hydrogens (tertiary/aromatic N) is 4. The van der Waals surface area contributed by atoms with Crippen LogP contribution < -0.4 is 10.6 Å². The van der Waals surface area contributed by atoms with E-state index in [2.05, 4.69) is 38.7 Å². The third-order valence-corrected chi connectivity index (χ3v) is 5.23. The van der Waals surface area contributed by atoms with Crippen LogP contribution in [0.4, 0.5) is 5.69 Å². The molecule has 0 aromatic heterocycles. The van der Waals surface area contributed by atoms with E-state index in [1.54, 1.807) is 0 Å². The number of morpholine rings is 1. The molecule has 25 heavy (non-hydrogen) atoms. The molecular formula is C18H28ClN5O. The van der Waals surface area contributed by atoms with Gasteiger partial charge < -0.3 is 20.3 Å². The first-order chi connectivity index (χ1) is 12.1. The van der Waals surface area contributed by atoms with Crippen LogP contribution >= 0.6 is 11.6 Å². The molecular weight excluding hydrogens is 338 g/mol. The summed E-state index contributed by atoms with van der Waals surface area (Å²) < 4.78 is 5.40. The van der Waals surface area contributed by atoms with Crippen molar-refractivity contribution in [3.8, 4) is 0 Å². The number of piperazine rings is 1. The first-order valence-corrected chi connectivity index (χ1v) is 9.38. The third kappa shape index (κ3) is 5.00. The van der Waals surface area contributed by atoms with Crippen molar-refractivity contribution >= 4 is 23.2 Å². The Bertz CT molecular complexity index is 565. The van der Waals surface area contributed by atoms with Gasteiger partial charge in [-0.1, -0.05) is 11.6 Å². The molecule has 2 aliphatic rings. The minimum atomic E-state index is 0.401. The number of halogens is 1. The Morgan fingerprint density at radius 1 is 1.12 bits per heavy atom. The van der Waals surface area contributed by atoms with Gasteiger partial charge in [-0.3, -0.25) is 9.89 Å². The van der Waals surface area contributed by atoms with Crippen molar-refractivity contribution in [3.05, 3.63) is 29.3 Å². The van der Waals surface area contributed by atoms with Gasteiger partial charge in [-0.2, -0.15) is 0 Å². The summed E-state index contributed by atoms with van der Waals surface area (Å²) in [6.45, 7) is 10.2. The molecule has 3 rings (SSSR count). The van der Waals surface area contributed by atoms with Crippen molar-refractivity contribution in [2.45, 2.75) is 13.0 Å². The number of guanidine groups is 1. The van der Waals surface area contributed by atoms with Gasteiger partial charge in [0.15, 0.2) is 5.96 Å². The fraction of sp³-hybridized carbons (Fsp3) is 0.611. The van der Waals surface area contributed by atoms with E-state index in [-0.39, 0.29) is 0 Å². The smallest absolute Gasteiger partial charge is 0.191 e. The van der Waals surface area contributed by atoms with Crippen molar-refractivity contribution in [2.75, 3.05) is 63.9 Å². The van der Waals surface area contributed by atoms with Crippen LogP contribution in [0.15, 0.2) is 29.3 Å². The number of nitrogens with two attached hydrogens (primary N) is 1. The highest BCUT2D eigenvalue weighted by Gasteiger charge is 2.20. The van der Waals surface area contributed by atoms with Crippen LogP contribution in [0.5, 0.6) is 0 Å². The summed E-state index contributed by atoms with van der Waals surface area (Å²) >= 11 is 5.96. The predicted octanol–water partition coefficient (Wildman–Crippen LogP) is 1.50. The zero-order valence-corrected chi connectivity index (χ0v) is 15.7. The highest BCUT2D eigenvalue weighted by atomic mass is 35.5. The van der Waals surface area contributed by atoms with Crippen molar-refractivity contribution in [3.63, 3.8) is 0 Å². The maximum Gasteiger partial charge on any atom is 0.191 e. The average molecular weight is 366 g/mol. The van der Waals surface area contributed by atoms with E-state index < -0.39 is 0 Å². The van der Waals surface area contributed by atoms with Crippen LogP contribution in [-0.4, -0.2) is 80.8 Å². The van der Waals surface area contributed by atoms with Crippen LogP contribution in [0, 0.1) is 0 Å². The quantitative estimate of drug-likeness (QED) is 0.647. The SMILES string of the molecule is CC(CN=C(N)N1CCN(c2ccc(Cl)cc2)CC1)N1CCOCC1. The van der Waals surface area contributed by atoms with Crippen LogP contribution in [0.25, 0.3) is 0 Å². The van der Waals surface area contributed by atoms with E-state index >= 15 is 0 Å². The van der Waals surface area contributed by atoms with Gasteiger partial charge in [0.25, 0.3) is 0 Å². The molecule has 2 saturated heterocycles. The van der Waals surface area contributed by atoms with Crippen LogP contribution in [0.2, 0.25) is 5.02 Å².